The van der Waals surface area contributed by atoms with Gasteiger partial charge >= 0.3 is 0 Å². The second-order valence-electron chi connectivity index (χ2n) is 5.36. The summed E-state index contributed by atoms with van der Waals surface area (Å²) < 4.78 is 7.80. The summed E-state index contributed by atoms with van der Waals surface area (Å²) in [5.74, 6) is 1.37. The van der Waals surface area contributed by atoms with Crippen molar-refractivity contribution in [1.82, 2.24) is 20.2 Å². The maximum atomic E-state index is 11.2. The molecule has 0 spiro atoms. The van der Waals surface area contributed by atoms with E-state index >= 15 is 0 Å². The van der Waals surface area contributed by atoms with Gasteiger partial charge in [0.2, 0.25) is 11.1 Å². The second-order valence-corrected chi connectivity index (χ2v) is 7.16. The number of thioether (sulfide) groups is 1. The van der Waals surface area contributed by atoms with Crippen molar-refractivity contribution in [2.75, 3.05) is 12.4 Å². The molecule has 2 aromatic carbocycles. The van der Waals surface area contributed by atoms with Gasteiger partial charge in [-0.1, -0.05) is 23.9 Å². The van der Waals surface area contributed by atoms with Crippen LogP contribution in [0.15, 0.2) is 52.1 Å². The first-order chi connectivity index (χ1) is 12.6. The van der Waals surface area contributed by atoms with Gasteiger partial charge in [0.05, 0.1) is 17.3 Å². The van der Waals surface area contributed by atoms with Crippen LogP contribution in [0.5, 0.6) is 5.75 Å². The number of methoxy groups -OCH3 is 1. The van der Waals surface area contributed by atoms with Crippen LogP contribution in [0.1, 0.15) is 12.5 Å². The summed E-state index contributed by atoms with van der Waals surface area (Å²) in [5, 5.41) is 15.3. The van der Waals surface area contributed by atoms with Crippen LogP contribution in [-0.4, -0.2) is 33.2 Å². The molecule has 3 aromatic rings. The van der Waals surface area contributed by atoms with Gasteiger partial charge in [0.15, 0.2) is 0 Å². The number of aromatic nitrogens is 4. The van der Waals surface area contributed by atoms with Gasteiger partial charge in [0.1, 0.15) is 5.75 Å². The molecule has 3 rings (SSSR count). The van der Waals surface area contributed by atoms with E-state index in [1.54, 1.807) is 11.8 Å². The van der Waals surface area contributed by atoms with Crippen molar-refractivity contribution in [3.8, 4) is 11.4 Å². The van der Waals surface area contributed by atoms with Crippen LogP contribution in [0.3, 0.4) is 0 Å². The van der Waals surface area contributed by atoms with Crippen LogP contribution in [0.2, 0.25) is 0 Å². The molecular formula is C17H16BrN5O2S. The van der Waals surface area contributed by atoms with E-state index in [2.05, 4.69) is 36.8 Å². The Bertz CT molecular complexity index is 931. The Morgan fingerprint density at radius 1 is 1.31 bits per heavy atom. The molecule has 26 heavy (non-hydrogen) atoms. The zero-order chi connectivity index (χ0) is 18.5. The van der Waals surface area contributed by atoms with Gasteiger partial charge in [-0.15, -0.1) is 5.10 Å². The number of benzene rings is 2. The molecule has 1 amide bonds. The minimum Gasteiger partial charge on any atom is -0.496 e. The number of ether oxygens (including phenoxy) is 1. The van der Waals surface area contributed by atoms with Crippen molar-refractivity contribution >= 4 is 39.3 Å². The van der Waals surface area contributed by atoms with Gasteiger partial charge < -0.3 is 10.1 Å². The van der Waals surface area contributed by atoms with E-state index in [9.17, 15) is 4.79 Å². The van der Waals surface area contributed by atoms with E-state index in [-0.39, 0.29) is 5.91 Å². The molecule has 0 atom stereocenters. The predicted molar refractivity (Wildman–Crippen MR) is 104 cm³/mol. The molecule has 0 aliphatic rings. The SMILES string of the molecule is COc1ccc(CSc2nnnn2-c2cccc(NC(C)=O)c2)cc1Br. The summed E-state index contributed by atoms with van der Waals surface area (Å²) in [5.41, 5.74) is 2.59. The van der Waals surface area contributed by atoms with E-state index in [0.29, 0.717) is 16.6 Å². The van der Waals surface area contributed by atoms with E-state index in [1.807, 2.05) is 42.5 Å². The van der Waals surface area contributed by atoms with E-state index in [0.717, 1.165) is 21.5 Å². The van der Waals surface area contributed by atoms with Crippen molar-refractivity contribution < 1.29 is 9.53 Å². The lowest BCUT2D eigenvalue weighted by molar-refractivity contribution is -0.114. The third kappa shape index (κ3) is 4.41. The van der Waals surface area contributed by atoms with Gasteiger partial charge in [-0.2, -0.15) is 4.68 Å². The Morgan fingerprint density at radius 3 is 2.88 bits per heavy atom. The molecule has 0 unspecified atom stereocenters. The molecule has 0 aliphatic heterocycles. The standard InChI is InChI=1S/C17H16BrN5O2S/c1-11(24)19-13-4-3-5-14(9-13)23-17(20-21-22-23)26-10-12-6-7-16(25-2)15(18)8-12/h3-9H,10H2,1-2H3,(H,19,24). The minimum absolute atomic E-state index is 0.126. The number of halogens is 1. The number of nitrogens with one attached hydrogen (secondary N) is 1. The molecule has 1 N–H and O–H groups in total. The van der Waals surface area contributed by atoms with Crippen LogP contribution in [0.4, 0.5) is 5.69 Å². The first-order valence-corrected chi connectivity index (χ1v) is 9.46. The number of tetrazole rings is 1. The number of nitrogens with zero attached hydrogens (tertiary/aromatic N) is 4. The number of hydrogen-bond acceptors (Lipinski definition) is 6. The summed E-state index contributed by atoms with van der Waals surface area (Å²) >= 11 is 5.01. The molecule has 9 heteroatoms. The monoisotopic (exact) mass is 433 g/mol. The lowest BCUT2D eigenvalue weighted by atomic mass is 10.2. The van der Waals surface area contributed by atoms with Gasteiger partial charge in [-0.25, -0.2) is 0 Å². The highest BCUT2D eigenvalue weighted by atomic mass is 79.9. The van der Waals surface area contributed by atoms with Gasteiger partial charge in [-0.3, -0.25) is 4.79 Å². The predicted octanol–water partition coefficient (Wildman–Crippen LogP) is 3.68. The summed E-state index contributed by atoms with van der Waals surface area (Å²) in [4.78, 5) is 11.2. The number of amides is 1. The molecule has 0 bridgehead atoms. The lowest BCUT2D eigenvalue weighted by Gasteiger charge is -2.08. The number of carbonyl (C=O) groups excluding carboxylic acids is 1. The van der Waals surface area contributed by atoms with Crippen LogP contribution in [0.25, 0.3) is 5.69 Å². The quantitative estimate of drug-likeness (QED) is 0.596. The Kier molecular flexibility index (Phi) is 5.89. The summed E-state index contributed by atoms with van der Waals surface area (Å²) in [6, 6.07) is 13.3. The first kappa shape index (κ1) is 18.4. The number of anilines is 1. The highest BCUT2D eigenvalue weighted by Crippen LogP contribution is 2.29. The van der Waals surface area contributed by atoms with Crippen molar-refractivity contribution in [3.05, 3.63) is 52.5 Å². The molecule has 0 saturated carbocycles. The van der Waals surface area contributed by atoms with Crippen molar-refractivity contribution in [2.45, 2.75) is 17.8 Å². The smallest absolute Gasteiger partial charge is 0.221 e. The molecular weight excluding hydrogens is 418 g/mol. The number of carbonyl (C=O) groups is 1. The Balaban J connectivity index is 1.77. The van der Waals surface area contributed by atoms with Gasteiger partial charge in [0, 0.05) is 18.4 Å². The fourth-order valence-corrected chi connectivity index (χ4v) is 3.72. The largest absolute Gasteiger partial charge is 0.496 e. The molecule has 0 saturated heterocycles. The third-order valence-corrected chi connectivity index (χ3v) is 5.05. The fourth-order valence-electron chi connectivity index (χ4n) is 2.30. The zero-order valence-corrected chi connectivity index (χ0v) is 16.5. The van der Waals surface area contributed by atoms with Crippen LogP contribution < -0.4 is 10.1 Å². The second kappa shape index (κ2) is 8.33. The van der Waals surface area contributed by atoms with Crippen LogP contribution in [-0.2, 0) is 10.5 Å². The summed E-state index contributed by atoms with van der Waals surface area (Å²) in [7, 11) is 1.64. The van der Waals surface area contributed by atoms with Crippen molar-refractivity contribution in [3.63, 3.8) is 0 Å². The molecule has 0 aliphatic carbocycles. The third-order valence-electron chi connectivity index (χ3n) is 3.44. The molecule has 1 aromatic heterocycles. The molecule has 134 valence electrons. The van der Waals surface area contributed by atoms with E-state index in [4.69, 9.17) is 4.74 Å². The van der Waals surface area contributed by atoms with E-state index < -0.39 is 0 Å². The Hall–Kier alpha value is -2.39. The van der Waals surface area contributed by atoms with Gasteiger partial charge in [-0.05, 0) is 62.3 Å². The summed E-state index contributed by atoms with van der Waals surface area (Å²) in [6.07, 6.45) is 0. The van der Waals surface area contributed by atoms with Crippen molar-refractivity contribution in [1.29, 1.82) is 0 Å². The maximum Gasteiger partial charge on any atom is 0.221 e. The number of hydrogen-bond donors (Lipinski definition) is 1. The molecule has 1 heterocycles. The topological polar surface area (TPSA) is 81.9 Å². The Morgan fingerprint density at radius 2 is 2.15 bits per heavy atom. The molecule has 0 radical (unpaired) electrons. The van der Waals surface area contributed by atoms with Crippen LogP contribution >= 0.6 is 27.7 Å². The van der Waals surface area contributed by atoms with E-state index in [1.165, 1.54) is 18.7 Å². The fraction of sp³-hybridized carbons (Fsp3) is 0.176. The lowest BCUT2D eigenvalue weighted by Crippen LogP contribution is -2.07. The highest BCUT2D eigenvalue weighted by Gasteiger charge is 2.11. The minimum atomic E-state index is -0.126. The number of rotatable bonds is 6. The Labute approximate surface area is 163 Å². The molecule has 0 fully saturated rings. The van der Waals surface area contributed by atoms with Crippen LogP contribution in [0, 0.1) is 0 Å². The normalized spacial score (nSPS) is 10.6. The van der Waals surface area contributed by atoms with Crippen molar-refractivity contribution in [2.24, 2.45) is 0 Å². The average molecular weight is 434 g/mol. The molecule has 7 nitrogen and oxygen atoms in total. The highest BCUT2D eigenvalue weighted by molar-refractivity contribution is 9.10. The maximum absolute atomic E-state index is 11.2. The van der Waals surface area contributed by atoms with Gasteiger partial charge in [0.25, 0.3) is 0 Å². The zero-order valence-electron chi connectivity index (χ0n) is 14.1. The first-order valence-electron chi connectivity index (χ1n) is 7.68. The average Bonchev–Trinajstić information content (AvgIpc) is 3.08. The summed E-state index contributed by atoms with van der Waals surface area (Å²) in [6.45, 7) is 1.47.